The van der Waals surface area contributed by atoms with Crippen molar-refractivity contribution in [2.24, 2.45) is 5.92 Å². The standard InChI is InChI=1S/C26H35N3O3/c1-4-28(3)26(30)15-19(2)21-7-9-23(10-8-21)32-24-12-14-29(17-24)22-11-13-27-25(16-22)31-18-20-5-6-20/h7-11,13,16,19-20,24H,4-6,12,14-15,17-18H2,1-3H3/t19-,24?/m1/s1. The van der Waals surface area contributed by atoms with Crippen molar-refractivity contribution in [1.82, 2.24) is 9.88 Å². The number of benzene rings is 1. The van der Waals surface area contributed by atoms with E-state index in [1.54, 1.807) is 4.90 Å². The zero-order chi connectivity index (χ0) is 22.5. The topological polar surface area (TPSA) is 54.9 Å². The van der Waals surface area contributed by atoms with Gasteiger partial charge in [-0.1, -0.05) is 19.1 Å². The highest BCUT2D eigenvalue weighted by molar-refractivity contribution is 5.76. The quantitative estimate of drug-likeness (QED) is 0.548. The molecule has 172 valence electrons. The summed E-state index contributed by atoms with van der Waals surface area (Å²) in [6.07, 6.45) is 6.05. The van der Waals surface area contributed by atoms with Crippen LogP contribution < -0.4 is 14.4 Å². The van der Waals surface area contributed by atoms with Crippen LogP contribution in [-0.2, 0) is 4.79 Å². The summed E-state index contributed by atoms with van der Waals surface area (Å²) in [6, 6.07) is 12.3. The van der Waals surface area contributed by atoms with E-state index in [-0.39, 0.29) is 17.9 Å². The molecule has 1 amide bonds. The molecule has 2 fully saturated rings. The van der Waals surface area contributed by atoms with Gasteiger partial charge < -0.3 is 19.3 Å². The maximum absolute atomic E-state index is 12.2. The van der Waals surface area contributed by atoms with Gasteiger partial charge in [0.05, 0.1) is 13.2 Å². The van der Waals surface area contributed by atoms with Crippen molar-refractivity contribution in [2.75, 3.05) is 38.2 Å². The van der Waals surface area contributed by atoms with E-state index in [4.69, 9.17) is 9.47 Å². The number of carbonyl (C=O) groups is 1. The molecule has 2 aliphatic rings. The number of hydrogen-bond acceptors (Lipinski definition) is 5. The summed E-state index contributed by atoms with van der Waals surface area (Å²) in [6.45, 7) is 7.42. The Labute approximate surface area is 191 Å². The van der Waals surface area contributed by atoms with E-state index in [1.807, 2.05) is 44.4 Å². The maximum Gasteiger partial charge on any atom is 0.222 e. The largest absolute Gasteiger partial charge is 0.489 e. The van der Waals surface area contributed by atoms with Gasteiger partial charge in [0, 0.05) is 50.9 Å². The lowest BCUT2D eigenvalue weighted by Gasteiger charge is -2.20. The normalized spacial score (nSPS) is 19.0. The molecular formula is C26H35N3O3. The number of hydrogen-bond donors (Lipinski definition) is 0. The number of pyridine rings is 1. The molecule has 0 radical (unpaired) electrons. The first-order valence-corrected chi connectivity index (χ1v) is 11.9. The lowest BCUT2D eigenvalue weighted by Crippen LogP contribution is -2.27. The van der Waals surface area contributed by atoms with E-state index in [1.165, 1.54) is 18.4 Å². The zero-order valence-corrected chi connectivity index (χ0v) is 19.5. The molecule has 1 saturated carbocycles. The van der Waals surface area contributed by atoms with Gasteiger partial charge in [0.2, 0.25) is 11.8 Å². The van der Waals surface area contributed by atoms with Crippen molar-refractivity contribution < 1.29 is 14.3 Å². The van der Waals surface area contributed by atoms with Crippen molar-refractivity contribution in [2.45, 2.75) is 51.6 Å². The Kier molecular flexibility index (Phi) is 7.18. The fourth-order valence-corrected chi connectivity index (χ4v) is 4.00. The number of amides is 1. The van der Waals surface area contributed by atoms with Gasteiger partial charge >= 0.3 is 0 Å². The molecule has 1 aromatic heterocycles. The van der Waals surface area contributed by atoms with Gasteiger partial charge in [0.25, 0.3) is 0 Å². The molecule has 1 aliphatic carbocycles. The van der Waals surface area contributed by atoms with Gasteiger partial charge in [-0.15, -0.1) is 0 Å². The number of anilines is 1. The highest BCUT2D eigenvalue weighted by atomic mass is 16.5. The Morgan fingerprint density at radius 2 is 2.00 bits per heavy atom. The Balaban J connectivity index is 1.28. The highest BCUT2D eigenvalue weighted by Crippen LogP contribution is 2.30. The number of aromatic nitrogens is 1. The average molecular weight is 438 g/mol. The highest BCUT2D eigenvalue weighted by Gasteiger charge is 2.25. The molecule has 1 aliphatic heterocycles. The van der Waals surface area contributed by atoms with Crippen LogP contribution in [0.15, 0.2) is 42.6 Å². The van der Waals surface area contributed by atoms with Crippen LogP contribution in [0, 0.1) is 5.92 Å². The summed E-state index contributed by atoms with van der Waals surface area (Å²) in [5, 5.41) is 0. The minimum absolute atomic E-state index is 0.155. The fraction of sp³-hybridized carbons (Fsp3) is 0.538. The van der Waals surface area contributed by atoms with Crippen LogP contribution in [0.25, 0.3) is 0 Å². The van der Waals surface area contributed by atoms with E-state index in [0.29, 0.717) is 12.3 Å². The minimum Gasteiger partial charge on any atom is -0.489 e. The van der Waals surface area contributed by atoms with Crippen LogP contribution in [0.2, 0.25) is 0 Å². The lowest BCUT2D eigenvalue weighted by molar-refractivity contribution is -0.130. The molecule has 2 aromatic rings. The van der Waals surface area contributed by atoms with Gasteiger partial charge in [-0.05, 0) is 55.4 Å². The number of ether oxygens (including phenoxy) is 2. The minimum atomic E-state index is 0.155. The van der Waals surface area contributed by atoms with Gasteiger partial charge in [-0.25, -0.2) is 4.98 Å². The van der Waals surface area contributed by atoms with Crippen LogP contribution in [0.4, 0.5) is 5.69 Å². The molecule has 2 heterocycles. The smallest absolute Gasteiger partial charge is 0.222 e. The van der Waals surface area contributed by atoms with E-state index in [2.05, 4.69) is 28.9 Å². The summed E-state index contributed by atoms with van der Waals surface area (Å²) < 4.78 is 12.1. The second-order valence-electron chi connectivity index (χ2n) is 9.16. The second-order valence-corrected chi connectivity index (χ2v) is 9.16. The molecule has 32 heavy (non-hydrogen) atoms. The molecule has 2 atom stereocenters. The third kappa shape index (κ3) is 5.93. The molecule has 1 unspecified atom stereocenters. The van der Waals surface area contributed by atoms with E-state index in [0.717, 1.165) is 50.0 Å². The van der Waals surface area contributed by atoms with Crippen LogP contribution in [0.1, 0.15) is 51.0 Å². The predicted octanol–water partition coefficient (Wildman–Crippen LogP) is 4.50. The first-order valence-electron chi connectivity index (χ1n) is 11.9. The van der Waals surface area contributed by atoms with Crippen molar-refractivity contribution in [3.8, 4) is 11.6 Å². The van der Waals surface area contributed by atoms with Gasteiger partial charge in [0.15, 0.2) is 0 Å². The van der Waals surface area contributed by atoms with Crippen LogP contribution in [-0.4, -0.2) is 55.2 Å². The Bertz CT molecular complexity index is 897. The predicted molar refractivity (Wildman–Crippen MR) is 126 cm³/mol. The van der Waals surface area contributed by atoms with Gasteiger partial charge in [-0.2, -0.15) is 0 Å². The SMILES string of the molecule is CCN(C)C(=O)C[C@@H](C)c1ccc(OC2CCN(c3ccnc(OCC4CC4)c3)C2)cc1. The lowest BCUT2D eigenvalue weighted by atomic mass is 9.97. The van der Waals surface area contributed by atoms with Gasteiger partial charge in [-0.3, -0.25) is 4.79 Å². The Hall–Kier alpha value is -2.76. The van der Waals surface area contributed by atoms with Crippen LogP contribution >= 0.6 is 0 Å². The van der Waals surface area contributed by atoms with Crippen molar-refractivity contribution >= 4 is 11.6 Å². The molecule has 6 heteroatoms. The van der Waals surface area contributed by atoms with E-state index >= 15 is 0 Å². The third-order valence-electron chi connectivity index (χ3n) is 6.53. The summed E-state index contributed by atoms with van der Waals surface area (Å²) >= 11 is 0. The van der Waals surface area contributed by atoms with Gasteiger partial charge in [0.1, 0.15) is 11.9 Å². The van der Waals surface area contributed by atoms with Crippen molar-refractivity contribution in [3.63, 3.8) is 0 Å². The summed E-state index contributed by atoms with van der Waals surface area (Å²) in [7, 11) is 1.85. The Morgan fingerprint density at radius 3 is 2.72 bits per heavy atom. The second kappa shape index (κ2) is 10.2. The van der Waals surface area contributed by atoms with E-state index < -0.39 is 0 Å². The monoisotopic (exact) mass is 437 g/mol. The maximum atomic E-state index is 12.2. The molecule has 1 aromatic carbocycles. The first-order chi connectivity index (χ1) is 15.5. The third-order valence-corrected chi connectivity index (χ3v) is 6.53. The fourth-order valence-electron chi connectivity index (χ4n) is 4.00. The number of nitrogens with zero attached hydrogens (tertiary/aromatic N) is 3. The number of carbonyl (C=O) groups excluding carboxylic acids is 1. The zero-order valence-electron chi connectivity index (χ0n) is 19.5. The first kappa shape index (κ1) is 22.4. The van der Waals surface area contributed by atoms with Crippen LogP contribution in [0.5, 0.6) is 11.6 Å². The molecule has 4 rings (SSSR count). The number of rotatable bonds is 10. The summed E-state index contributed by atoms with van der Waals surface area (Å²) in [5.41, 5.74) is 2.31. The van der Waals surface area contributed by atoms with Crippen LogP contribution in [0.3, 0.4) is 0 Å². The van der Waals surface area contributed by atoms with Crippen molar-refractivity contribution in [1.29, 1.82) is 0 Å². The molecule has 6 nitrogen and oxygen atoms in total. The molecule has 1 saturated heterocycles. The molecule has 0 N–H and O–H groups in total. The van der Waals surface area contributed by atoms with E-state index in [9.17, 15) is 4.79 Å². The summed E-state index contributed by atoms with van der Waals surface area (Å²) in [4.78, 5) is 20.6. The average Bonchev–Trinajstić information content (AvgIpc) is 3.54. The summed E-state index contributed by atoms with van der Waals surface area (Å²) in [5.74, 6) is 2.69. The van der Waals surface area contributed by atoms with Crippen molar-refractivity contribution in [3.05, 3.63) is 48.2 Å². The molecule has 0 bridgehead atoms. The molecular weight excluding hydrogens is 402 g/mol. The Morgan fingerprint density at radius 1 is 1.22 bits per heavy atom. The molecule has 0 spiro atoms.